The van der Waals surface area contributed by atoms with E-state index in [-0.39, 0.29) is 4.90 Å². The van der Waals surface area contributed by atoms with Crippen molar-refractivity contribution in [2.24, 2.45) is 0 Å². The number of hydrogen-bond donors (Lipinski definition) is 0. The van der Waals surface area contributed by atoms with E-state index in [1.54, 1.807) is 0 Å². The van der Waals surface area contributed by atoms with E-state index in [4.69, 9.17) is 5.53 Å². The molecule has 0 saturated carbocycles. The first kappa shape index (κ1) is 16.0. The molecule has 0 aromatic heterocycles. The van der Waals surface area contributed by atoms with Gasteiger partial charge in [0.2, 0.25) is 0 Å². The van der Waals surface area contributed by atoms with Gasteiger partial charge in [0, 0.05) is 0 Å². The molecule has 0 amide bonds. The molecule has 114 valence electrons. The summed E-state index contributed by atoms with van der Waals surface area (Å²) in [5, 5.41) is 0. The summed E-state index contributed by atoms with van der Waals surface area (Å²) < 4.78 is 61.3. The van der Waals surface area contributed by atoms with Gasteiger partial charge in [0.15, 0.2) is 0 Å². The number of halogens is 1. The number of nitrogens with zero attached hydrogens (tertiary/aromatic N) is 2. The van der Waals surface area contributed by atoms with Crippen LogP contribution in [0.5, 0.6) is 0 Å². The van der Waals surface area contributed by atoms with Crippen LogP contribution in [0, 0.1) is 5.82 Å². The van der Waals surface area contributed by atoms with Crippen molar-refractivity contribution in [1.29, 1.82) is 0 Å². The normalized spacial score (nSPS) is 11.7. The third-order valence-corrected chi connectivity index (χ3v) is 6.92. The average Bonchev–Trinajstić information content (AvgIpc) is 2.48. The molecule has 0 N–H and O–H groups in total. The van der Waals surface area contributed by atoms with Gasteiger partial charge in [-0.1, -0.05) is 30.3 Å². The van der Waals surface area contributed by atoms with Gasteiger partial charge in [0.25, 0.3) is 19.7 Å². The standard InChI is InChI=1S/C13H9FN2O4S2/c14-11-8-4-5-9-12(11)22(19,20)13(16-15)21(17,18)10-6-2-1-3-7-10/h1-9H. The number of benzene rings is 2. The van der Waals surface area contributed by atoms with Gasteiger partial charge in [-0.2, -0.15) is 0 Å². The van der Waals surface area contributed by atoms with Crippen molar-refractivity contribution in [2.75, 3.05) is 0 Å². The molecular formula is C13H9FN2O4S2. The predicted molar refractivity (Wildman–Crippen MR) is 75.8 cm³/mol. The largest absolute Gasteiger partial charge is 0.504 e. The molecule has 2 aromatic rings. The van der Waals surface area contributed by atoms with E-state index in [1.165, 1.54) is 30.3 Å². The van der Waals surface area contributed by atoms with Crippen LogP contribution in [0.2, 0.25) is 0 Å². The Kier molecular flexibility index (Phi) is 4.23. The lowest BCUT2D eigenvalue weighted by Crippen LogP contribution is -2.27. The molecule has 0 spiro atoms. The fraction of sp³-hybridized carbons (Fsp3) is 0. The minimum Gasteiger partial charge on any atom is -0.359 e. The molecule has 2 rings (SSSR count). The van der Waals surface area contributed by atoms with Gasteiger partial charge in [0.05, 0.1) is 4.90 Å². The number of hydrogen-bond acceptors (Lipinski definition) is 4. The van der Waals surface area contributed by atoms with Crippen LogP contribution in [0.25, 0.3) is 5.53 Å². The topological polar surface area (TPSA) is 105 Å². The van der Waals surface area contributed by atoms with Crippen LogP contribution in [0.3, 0.4) is 0 Å². The third kappa shape index (κ3) is 2.69. The van der Waals surface area contributed by atoms with Crippen LogP contribution >= 0.6 is 0 Å². The zero-order valence-electron chi connectivity index (χ0n) is 10.9. The first-order valence-corrected chi connectivity index (χ1v) is 8.80. The van der Waals surface area contributed by atoms with Crippen LogP contribution in [0.1, 0.15) is 0 Å². The minimum atomic E-state index is -4.85. The summed E-state index contributed by atoms with van der Waals surface area (Å²) in [6.07, 6.45) is 0. The number of sulfone groups is 2. The van der Waals surface area contributed by atoms with E-state index in [9.17, 15) is 21.2 Å². The monoisotopic (exact) mass is 340 g/mol. The maximum atomic E-state index is 13.7. The minimum absolute atomic E-state index is 0.386. The highest BCUT2D eigenvalue weighted by Gasteiger charge is 2.45. The Bertz CT molecular complexity index is 964. The molecular weight excluding hydrogens is 331 g/mol. The van der Waals surface area contributed by atoms with Crippen molar-refractivity contribution in [3.8, 4) is 0 Å². The zero-order valence-corrected chi connectivity index (χ0v) is 12.6. The second-order valence-corrected chi connectivity index (χ2v) is 8.07. The van der Waals surface area contributed by atoms with E-state index in [0.717, 1.165) is 24.3 Å². The molecule has 0 aliphatic heterocycles. The molecule has 0 aliphatic carbocycles. The van der Waals surface area contributed by atoms with Crippen LogP contribution < -0.4 is 0 Å². The smallest absolute Gasteiger partial charge is 0.359 e. The summed E-state index contributed by atoms with van der Waals surface area (Å²) in [4.78, 5) is 1.13. The highest BCUT2D eigenvalue weighted by Crippen LogP contribution is 2.22. The summed E-state index contributed by atoms with van der Waals surface area (Å²) in [6.45, 7) is 0. The van der Waals surface area contributed by atoms with Gasteiger partial charge < -0.3 is 5.53 Å². The molecule has 0 fully saturated rings. The summed E-state index contributed by atoms with van der Waals surface area (Å²) in [5.74, 6) is -1.15. The lowest BCUT2D eigenvalue weighted by atomic mass is 10.4. The summed E-state index contributed by atoms with van der Waals surface area (Å²) in [6, 6.07) is 10.8. The van der Waals surface area contributed by atoms with Gasteiger partial charge in [0.1, 0.15) is 10.7 Å². The highest BCUT2D eigenvalue weighted by atomic mass is 32.3. The quantitative estimate of drug-likeness (QED) is 0.359. The third-order valence-electron chi connectivity index (χ3n) is 2.72. The maximum Gasteiger partial charge on any atom is 0.504 e. The molecule has 0 saturated heterocycles. The van der Waals surface area contributed by atoms with Crippen molar-refractivity contribution in [1.82, 2.24) is 0 Å². The molecule has 0 atom stereocenters. The van der Waals surface area contributed by atoms with Gasteiger partial charge in [-0.05, 0) is 24.3 Å². The lowest BCUT2D eigenvalue weighted by molar-refractivity contribution is 0.00378. The summed E-state index contributed by atoms with van der Waals surface area (Å²) in [7, 11) is -9.48. The first-order valence-electron chi connectivity index (χ1n) is 5.83. The fourth-order valence-corrected chi connectivity index (χ4v) is 5.13. The van der Waals surface area contributed by atoms with Crippen molar-refractivity contribution in [2.45, 2.75) is 9.79 Å². The van der Waals surface area contributed by atoms with Crippen LogP contribution in [0.15, 0.2) is 64.4 Å². The van der Waals surface area contributed by atoms with Crippen LogP contribution in [-0.4, -0.2) is 26.0 Å². The molecule has 2 aromatic carbocycles. The molecule has 0 bridgehead atoms. The van der Waals surface area contributed by atoms with Crippen LogP contribution in [0.4, 0.5) is 4.39 Å². The van der Waals surface area contributed by atoms with Gasteiger partial charge >= 0.3 is 4.38 Å². The molecule has 6 nitrogen and oxygen atoms in total. The maximum absolute atomic E-state index is 13.7. The highest BCUT2D eigenvalue weighted by molar-refractivity contribution is 8.31. The van der Waals surface area contributed by atoms with Crippen LogP contribution in [-0.2, 0) is 19.7 Å². The van der Waals surface area contributed by atoms with Crippen molar-refractivity contribution < 1.29 is 26.0 Å². The average molecular weight is 340 g/mol. The lowest BCUT2D eigenvalue weighted by Gasteiger charge is -2.03. The zero-order chi connectivity index (χ0) is 16.4. The van der Waals surface area contributed by atoms with Crippen molar-refractivity contribution in [3.05, 3.63) is 65.9 Å². The molecule has 9 heteroatoms. The SMILES string of the molecule is [N-]=[N+]=C(S(=O)(=O)c1ccccc1)S(=O)(=O)c1ccccc1F. The molecule has 22 heavy (non-hydrogen) atoms. The number of rotatable bonds is 2. The summed E-state index contributed by atoms with van der Waals surface area (Å²) in [5.41, 5.74) is 8.92. The second kappa shape index (κ2) is 5.80. The Balaban J connectivity index is 2.69. The Morgan fingerprint density at radius 1 is 0.864 bits per heavy atom. The predicted octanol–water partition coefficient (Wildman–Crippen LogP) is 1.66. The summed E-state index contributed by atoms with van der Waals surface area (Å²) >= 11 is 0. The molecule has 0 aliphatic rings. The molecule has 0 radical (unpaired) electrons. The Hall–Kier alpha value is -2.35. The van der Waals surface area contributed by atoms with Gasteiger partial charge in [-0.25, -0.2) is 21.2 Å². The fourth-order valence-electron chi connectivity index (χ4n) is 1.71. The van der Waals surface area contributed by atoms with Gasteiger partial charge in [-0.15, -0.1) is 4.79 Å². The first-order chi connectivity index (χ1) is 10.3. The van der Waals surface area contributed by atoms with E-state index in [1.807, 2.05) is 0 Å². The second-order valence-electron chi connectivity index (χ2n) is 4.12. The Morgan fingerprint density at radius 2 is 1.41 bits per heavy atom. The van der Waals surface area contributed by atoms with Crippen molar-refractivity contribution >= 4 is 24.1 Å². The Morgan fingerprint density at radius 3 is 1.95 bits per heavy atom. The van der Waals surface area contributed by atoms with E-state index < -0.39 is 34.8 Å². The van der Waals surface area contributed by atoms with E-state index >= 15 is 0 Å². The van der Waals surface area contributed by atoms with E-state index in [2.05, 4.69) is 4.79 Å². The molecule has 0 unspecified atom stereocenters. The Labute approximate surface area is 126 Å². The van der Waals surface area contributed by atoms with Gasteiger partial charge in [-0.3, -0.25) is 0 Å². The molecule has 0 heterocycles. The van der Waals surface area contributed by atoms with E-state index in [0.29, 0.717) is 0 Å². The van der Waals surface area contributed by atoms with Crippen molar-refractivity contribution in [3.63, 3.8) is 0 Å².